The Morgan fingerprint density at radius 3 is 2.26 bits per heavy atom. The number of anilines is 4. The molecule has 0 aliphatic rings. The van der Waals surface area contributed by atoms with Crippen molar-refractivity contribution in [2.75, 3.05) is 17.2 Å². The van der Waals surface area contributed by atoms with Gasteiger partial charge in [-0.25, -0.2) is 4.98 Å². The van der Waals surface area contributed by atoms with Gasteiger partial charge in [-0.2, -0.15) is 18.2 Å². The summed E-state index contributed by atoms with van der Waals surface area (Å²) in [4.78, 5) is 7.86. The molecule has 0 spiro atoms. The minimum atomic E-state index is -4.59. The van der Waals surface area contributed by atoms with Crippen LogP contribution in [0.4, 0.5) is 36.3 Å². The van der Waals surface area contributed by atoms with Crippen molar-refractivity contribution in [1.82, 2.24) is 9.97 Å². The summed E-state index contributed by atoms with van der Waals surface area (Å²) < 4.78 is 46.0. The number of hydrogen-bond donors (Lipinski definition) is 2. The number of unbranched alkanes of at least 4 members (excludes halogenated alkanes) is 3. The Kier molecular flexibility index (Phi) is 7.70. The summed E-state index contributed by atoms with van der Waals surface area (Å²) in [5.41, 5.74) is 0.198. The molecule has 0 fully saturated rings. The van der Waals surface area contributed by atoms with Gasteiger partial charge < -0.3 is 15.4 Å². The van der Waals surface area contributed by atoms with Crippen molar-refractivity contribution in [3.05, 3.63) is 66.4 Å². The van der Waals surface area contributed by atoms with E-state index in [4.69, 9.17) is 4.74 Å². The molecule has 0 unspecified atom stereocenters. The molecule has 0 atom stereocenters. The number of para-hydroxylation sites is 1. The second kappa shape index (κ2) is 10.7. The summed E-state index contributed by atoms with van der Waals surface area (Å²) >= 11 is 0. The lowest BCUT2D eigenvalue weighted by atomic mass is 10.2. The van der Waals surface area contributed by atoms with E-state index in [1.54, 1.807) is 48.5 Å². The molecule has 3 rings (SSSR count). The van der Waals surface area contributed by atoms with Crippen molar-refractivity contribution < 1.29 is 17.9 Å². The fourth-order valence-corrected chi connectivity index (χ4v) is 2.89. The zero-order valence-corrected chi connectivity index (χ0v) is 17.2. The average Bonchev–Trinajstić information content (AvgIpc) is 2.75. The summed E-state index contributed by atoms with van der Waals surface area (Å²) in [5, 5.41) is 5.66. The van der Waals surface area contributed by atoms with E-state index in [-0.39, 0.29) is 11.8 Å². The predicted molar refractivity (Wildman–Crippen MR) is 116 cm³/mol. The maximum Gasteiger partial charge on any atom is 0.421 e. The van der Waals surface area contributed by atoms with E-state index in [0.717, 1.165) is 25.5 Å². The van der Waals surface area contributed by atoms with Crippen LogP contribution in [0.1, 0.15) is 38.2 Å². The first kappa shape index (κ1) is 22.4. The van der Waals surface area contributed by atoms with Crippen LogP contribution in [-0.4, -0.2) is 16.6 Å². The van der Waals surface area contributed by atoms with Crippen molar-refractivity contribution >= 4 is 23.1 Å². The molecule has 0 saturated carbocycles. The minimum absolute atomic E-state index is 0.0636. The first-order chi connectivity index (χ1) is 15.0. The lowest BCUT2D eigenvalue weighted by Gasteiger charge is -2.15. The van der Waals surface area contributed by atoms with Gasteiger partial charge >= 0.3 is 6.18 Å². The van der Waals surface area contributed by atoms with Crippen LogP contribution in [0.2, 0.25) is 0 Å². The fourth-order valence-electron chi connectivity index (χ4n) is 2.89. The Morgan fingerprint density at radius 1 is 0.871 bits per heavy atom. The third-order valence-electron chi connectivity index (χ3n) is 4.51. The number of nitrogens with one attached hydrogen (secondary N) is 2. The van der Waals surface area contributed by atoms with E-state index < -0.39 is 11.7 Å². The second-order valence-corrected chi connectivity index (χ2v) is 7.00. The summed E-state index contributed by atoms with van der Waals surface area (Å²) in [5.74, 6) is 0.412. The number of alkyl halides is 3. The van der Waals surface area contributed by atoms with Crippen molar-refractivity contribution in [2.45, 2.75) is 38.8 Å². The monoisotopic (exact) mass is 430 g/mol. The highest BCUT2D eigenvalue weighted by Gasteiger charge is 2.35. The molecule has 0 aliphatic heterocycles. The molecule has 31 heavy (non-hydrogen) atoms. The highest BCUT2D eigenvalue weighted by atomic mass is 19.4. The second-order valence-electron chi connectivity index (χ2n) is 7.00. The molecule has 1 heterocycles. The Hall–Kier alpha value is -3.29. The van der Waals surface area contributed by atoms with Crippen molar-refractivity contribution in [3.8, 4) is 5.75 Å². The number of aromatic nitrogens is 2. The van der Waals surface area contributed by atoms with Crippen LogP contribution in [0.3, 0.4) is 0 Å². The topological polar surface area (TPSA) is 59.1 Å². The van der Waals surface area contributed by atoms with Gasteiger partial charge in [-0.15, -0.1) is 0 Å². The van der Waals surface area contributed by atoms with Crippen LogP contribution >= 0.6 is 0 Å². The lowest BCUT2D eigenvalue weighted by molar-refractivity contribution is -0.137. The van der Waals surface area contributed by atoms with Crippen LogP contribution in [0.5, 0.6) is 5.75 Å². The summed E-state index contributed by atoms with van der Waals surface area (Å²) in [6.07, 6.45) is 0.605. The molecule has 3 aromatic rings. The van der Waals surface area contributed by atoms with Gasteiger partial charge in [0.05, 0.1) is 6.61 Å². The number of benzene rings is 2. The predicted octanol–water partition coefficient (Wildman–Crippen LogP) is 6.94. The molecule has 0 saturated heterocycles. The van der Waals surface area contributed by atoms with E-state index in [0.29, 0.717) is 23.7 Å². The summed E-state index contributed by atoms with van der Waals surface area (Å²) in [6, 6.07) is 15.8. The molecule has 8 heteroatoms. The van der Waals surface area contributed by atoms with Gasteiger partial charge in [0.25, 0.3) is 0 Å². The number of nitrogens with zero attached hydrogens (tertiary/aromatic N) is 2. The lowest BCUT2D eigenvalue weighted by Crippen LogP contribution is -2.12. The van der Waals surface area contributed by atoms with Crippen LogP contribution in [0.25, 0.3) is 0 Å². The standard InChI is InChI=1S/C23H25F3N4O/c1-2-3-4-8-15-31-19-13-11-18(12-14-19)28-21-20(23(24,25)26)16-27-22(30-21)29-17-9-6-5-7-10-17/h5-7,9-14,16H,2-4,8,15H2,1H3,(H2,27,28,29,30). The van der Waals surface area contributed by atoms with Crippen molar-refractivity contribution in [3.63, 3.8) is 0 Å². The van der Waals surface area contributed by atoms with Gasteiger partial charge in [-0.05, 0) is 42.8 Å². The van der Waals surface area contributed by atoms with E-state index >= 15 is 0 Å². The molecular weight excluding hydrogens is 405 g/mol. The number of ether oxygens (including phenoxy) is 1. The summed E-state index contributed by atoms with van der Waals surface area (Å²) in [7, 11) is 0. The molecule has 0 radical (unpaired) electrons. The quantitative estimate of drug-likeness (QED) is 0.341. The molecule has 0 aliphatic carbocycles. The molecule has 5 nitrogen and oxygen atoms in total. The maximum absolute atomic E-state index is 13.4. The zero-order valence-electron chi connectivity index (χ0n) is 17.2. The molecule has 0 bridgehead atoms. The van der Waals surface area contributed by atoms with Gasteiger partial charge in [-0.1, -0.05) is 44.4 Å². The fraction of sp³-hybridized carbons (Fsp3) is 0.304. The maximum atomic E-state index is 13.4. The first-order valence-electron chi connectivity index (χ1n) is 10.2. The Labute approximate surface area is 179 Å². The average molecular weight is 430 g/mol. The van der Waals surface area contributed by atoms with E-state index in [1.807, 2.05) is 6.07 Å². The highest BCUT2D eigenvalue weighted by molar-refractivity contribution is 5.63. The minimum Gasteiger partial charge on any atom is -0.494 e. The molecule has 2 aromatic carbocycles. The number of rotatable bonds is 10. The Morgan fingerprint density at radius 2 is 1.58 bits per heavy atom. The third kappa shape index (κ3) is 6.87. The molecule has 1 aromatic heterocycles. The van der Waals surface area contributed by atoms with Gasteiger partial charge in [0.15, 0.2) is 0 Å². The normalized spacial score (nSPS) is 11.2. The van der Waals surface area contributed by atoms with Crippen LogP contribution in [0, 0.1) is 0 Å². The Balaban J connectivity index is 1.72. The van der Waals surface area contributed by atoms with Gasteiger partial charge in [0.2, 0.25) is 5.95 Å². The molecule has 164 valence electrons. The van der Waals surface area contributed by atoms with Crippen molar-refractivity contribution in [2.24, 2.45) is 0 Å². The molecule has 2 N–H and O–H groups in total. The van der Waals surface area contributed by atoms with Gasteiger partial charge in [0, 0.05) is 17.6 Å². The Bertz CT molecular complexity index is 947. The number of hydrogen-bond acceptors (Lipinski definition) is 5. The van der Waals surface area contributed by atoms with Gasteiger partial charge in [0.1, 0.15) is 17.1 Å². The zero-order chi connectivity index (χ0) is 22.1. The van der Waals surface area contributed by atoms with Crippen molar-refractivity contribution in [1.29, 1.82) is 0 Å². The highest BCUT2D eigenvalue weighted by Crippen LogP contribution is 2.35. The SMILES string of the molecule is CCCCCCOc1ccc(Nc2nc(Nc3ccccc3)ncc2C(F)(F)F)cc1. The van der Waals surface area contributed by atoms with Crippen LogP contribution in [0.15, 0.2) is 60.8 Å². The van der Waals surface area contributed by atoms with E-state index in [9.17, 15) is 13.2 Å². The molecular formula is C23H25F3N4O. The summed E-state index contributed by atoms with van der Waals surface area (Å²) in [6.45, 7) is 2.76. The van der Waals surface area contributed by atoms with Crippen LogP contribution in [-0.2, 0) is 6.18 Å². The number of halogens is 3. The third-order valence-corrected chi connectivity index (χ3v) is 4.51. The van der Waals surface area contributed by atoms with Crippen LogP contribution < -0.4 is 15.4 Å². The largest absolute Gasteiger partial charge is 0.494 e. The molecule has 0 amide bonds. The smallest absolute Gasteiger partial charge is 0.421 e. The van der Waals surface area contributed by atoms with Gasteiger partial charge in [-0.3, -0.25) is 0 Å². The van der Waals surface area contributed by atoms with E-state index in [1.165, 1.54) is 6.42 Å². The van der Waals surface area contributed by atoms with E-state index in [2.05, 4.69) is 27.5 Å². The first-order valence-corrected chi connectivity index (χ1v) is 10.2.